The topological polar surface area (TPSA) is 137 Å². The molecule has 5 N–H and O–H groups in total. The van der Waals surface area contributed by atoms with Crippen LogP contribution in [-0.4, -0.2) is 75.4 Å². The highest BCUT2D eigenvalue weighted by molar-refractivity contribution is 5.66. The number of carbonyl (C=O) groups is 1. The molecule has 0 saturated carbocycles. The van der Waals surface area contributed by atoms with Crippen LogP contribution in [0.1, 0.15) is 19.3 Å². The van der Waals surface area contributed by atoms with E-state index < -0.39 is 43.3 Å². The zero-order valence-electron chi connectivity index (χ0n) is 10.4. The fraction of sp³-hybridized carbons (Fsp3) is 0.909. The van der Waals surface area contributed by atoms with Crippen molar-refractivity contribution in [2.75, 3.05) is 13.2 Å². The van der Waals surface area contributed by atoms with Gasteiger partial charge in [0.25, 0.3) is 0 Å². The van der Waals surface area contributed by atoms with E-state index in [4.69, 9.17) is 19.7 Å². The molecule has 8 nitrogen and oxygen atoms in total. The molecule has 112 valence electrons. The second-order valence-corrected chi connectivity index (χ2v) is 4.42. The van der Waals surface area contributed by atoms with E-state index in [2.05, 4.69) is 0 Å². The molecule has 19 heavy (non-hydrogen) atoms. The first kappa shape index (κ1) is 16.3. The molecule has 0 aromatic carbocycles. The van der Waals surface area contributed by atoms with Gasteiger partial charge in [0.1, 0.15) is 24.4 Å². The van der Waals surface area contributed by atoms with E-state index >= 15 is 0 Å². The van der Waals surface area contributed by atoms with Crippen molar-refractivity contribution in [1.29, 1.82) is 0 Å². The smallest absolute Gasteiger partial charge is 0.303 e. The zero-order chi connectivity index (χ0) is 14.4. The number of hydrogen-bond donors (Lipinski definition) is 5. The van der Waals surface area contributed by atoms with Crippen LogP contribution in [0.3, 0.4) is 0 Å². The molecule has 2 unspecified atom stereocenters. The van der Waals surface area contributed by atoms with Crippen molar-refractivity contribution in [3.8, 4) is 0 Å². The van der Waals surface area contributed by atoms with Gasteiger partial charge in [-0.05, 0) is 12.8 Å². The zero-order valence-corrected chi connectivity index (χ0v) is 10.4. The average Bonchev–Trinajstić information content (AvgIpc) is 2.37. The van der Waals surface area contributed by atoms with E-state index in [1.54, 1.807) is 0 Å². The largest absolute Gasteiger partial charge is 0.481 e. The van der Waals surface area contributed by atoms with Crippen LogP contribution in [0, 0.1) is 0 Å². The number of rotatable bonds is 7. The van der Waals surface area contributed by atoms with Crippen LogP contribution in [-0.2, 0) is 14.3 Å². The van der Waals surface area contributed by atoms with Gasteiger partial charge >= 0.3 is 5.97 Å². The Kier molecular flexibility index (Phi) is 6.63. The van der Waals surface area contributed by atoms with Crippen molar-refractivity contribution in [3.63, 3.8) is 0 Å². The SMILES string of the molecule is O=C(O)CCCCO[C@@H]1OC(CO)[C@@H](O)C(O)[C@@H]1O. The molecule has 0 amide bonds. The lowest BCUT2D eigenvalue weighted by molar-refractivity contribution is -0.301. The lowest BCUT2D eigenvalue weighted by Gasteiger charge is -2.39. The monoisotopic (exact) mass is 280 g/mol. The molecule has 0 aromatic heterocycles. The maximum Gasteiger partial charge on any atom is 0.303 e. The first-order chi connectivity index (χ1) is 8.97. The molecule has 1 fully saturated rings. The number of carboxylic acid groups (broad SMARTS) is 1. The summed E-state index contributed by atoms with van der Waals surface area (Å²) in [6.45, 7) is -0.361. The predicted octanol–water partition coefficient (Wildman–Crippen LogP) is -1.94. The van der Waals surface area contributed by atoms with E-state index in [1.807, 2.05) is 0 Å². The Morgan fingerprint density at radius 2 is 1.79 bits per heavy atom. The maximum absolute atomic E-state index is 10.3. The van der Waals surface area contributed by atoms with Gasteiger partial charge in [-0.2, -0.15) is 0 Å². The van der Waals surface area contributed by atoms with E-state index in [1.165, 1.54) is 0 Å². The molecule has 0 spiro atoms. The van der Waals surface area contributed by atoms with Gasteiger partial charge in [-0.1, -0.05) is 0 Å². The summed E-state index contributed by atoms with van der Waals surface area (Å²) < 4.78 is 10.3. The minimum Gasteiger partial charge on any atom is -0.481 e. The highest BCUT2D eigenvalue weighted by Crippen LogP contribution is 2.22. The van der Waals surface area contributed by atoms with Gasteiger partial charge in [0.05, 0.1) is 6.61 Å². The Balaban J connectivity index is 2.33. The maximum atomic E-state index is 10.3. The minimum atomic E-state index is -1.46. The van der Waals surface area contributed by atoms with Gasteiger partial charge < -0.3 is 35.0 Å². The third-order valence-corrected chi connectivity index (χ3v) is 2.92. The Morgan fingerprint density at radius 1 is 1.11 bits per heavy atom. The van der Waals surface area contributed by atoms with E-state index in [9.17, 15) is 20.1 Å². The third-order valence-electron chi connectivity index (χ3n) is 2.92. The van der Waals surface area contributed by atoms with Crippen LogP contribution in [0.25, 0.3) is 0 Å². The number of ether oxygens (including phenoxy) is 2. The highest BCUT2D eigenvalue weighted by Gasteiger charge is 2.43. The normalized spacial score (nSPS) is 35.3. The standard InChI is InChI=1S/C11H20O8/c12-5-6-8(15)9(16)10(17)11(19-6)18-4-2-1-3-7(13)14/h6,8-12,15-17H,1-5H2,(H,13,14)/t6?,8-,9?,10+,11-/m1/s1. The van der Waals surface area contributed by atoms with Crippen molar-refractivity contribution in [3.05, 3.63) is 0 Å². The third kappa shape index (κ3) is 4.68. The summed E-state index contributed by atoms with van der Waals surface area (Å²) >= 11 is 0. The van der Waals surface area contributed by atoms with Crippen LogP contribution >= 0.6 is 0 Å². The number of unbranched alkanes of at least 4 members (excludes halogenated alkanes) is 1. The van der Waals surface area contributed by atoms with Crippen LogP contribution in [0.2, 0.25) is 0 Å². The lowest BCUT2D eigenvalue weighted by Crippen LogP contribution is -2.59. The summed E-state index contributed by atoms with van der Waals surface area (Å²) in [6.07, 6.45) is -5.53. The first-order valence-corrected chi connectivity index (χ1v) is 6.11. The van der Waals surface area contributed by atoms with Gasteiger partial charge in [-0.25, -0.2) is 0 Å². The molecule has 0 bridgehead atoms. The number of carboxylic acids is 1. The molecule has 8 heteroatoms. The number of aliphatic hydroxyl groups excluding tert-OH is 4. The summed E-state index contributed by atoms with van der Waals surface area (Å²) in [5, 5.41) is 46.1. The minimum absolute atomic E-state index is 0.0258. The summed E-state index contributed by atoms with van der Waals surface area (Å²) in [4.78, 5) is 10.3. The van der Waals surface area contributed by atoms with Gasteiger partial charge in [-0.15, -0.1) is 0 Å². The molecule has 1 aliphatic rings. The molecule has 0 aromatic rings. The Bertz CT molecular complexity index is 282. The second-order valence-electron chi connectivity index (χ2n) is 4.42. The number of hydrogen-bond acceptors (Lipinski definition) is 7. The van der Waals surface area contributed by atoms with E-state index in [0.717, 1.165) is 0 Å². The molecular weight excluding hydrogens is 260 g/mol. The van der Waals surface area contributed by atoms with Gasteiger partial charge in [-0.3, -0.25) is 4.79 Å². The summed E-state index contributed by atoms with van der Waals surface area (Å²) in [6, 6.07) is 0. The fourth-order valence-corrected chi connectivity index (χ4v) is 1.78. The summed E-state index contributed by atoms with van der Waals surface area (Å²) in [5.74, 6) is -0.896. The van der Waals surface area contributed by atoms with Gasteiger partial charge in [0.15, 0.2) is 6.29 Å². The molecule has 1 heterocycles. The van der Waals surface area contributed by atoms with E-state index in [-0.39, 0.29) is 13.0 Å². The molecule has 1 aliphatic heterocycles. The molecule has 1 rings (SSSR count). The quantitative estimate of drug-likeness (QED) is 0.340. The molecule has 0 aliphatic carbocycles. The summed E-state index contributed by atoms with van der Waals surface area (Å²) in [5.41, 5.74) is 0. The lowest BCUT2D eigenvalue weighted by atomic mass is 9.99. The van der Waals surface area contributed by atoms with Crippen molar-refractivity contribution < 1.29 is 39.8 Å². The first-order valence-electron chi connectivity index (χ1n) is 6.11. The van der Waals surface area contributed by atoms with Crippen molar-refractivity contribution in [2.24, 2.45) is 0 Å². The van der Waals surface area contributed by atoms with Crippen molar-refractivity contribution >= 4 is 5.97 Å². The van der Waals surface area contributed by atoms with E-state index in [0.29, 0.717) is 12.8 Å². The molecule has 5 atom stereocenters. The molecule has 0 radical (unpaired) electrons. The second kappa shape index (κ2) is 7.73. The Labute approximate surface area is 110 Å². The average molecular weight is 280 g/mol. The Morgan fingerprint density at radius 3 is 2.37 bits per heavy atom. The van der Waals surface area contributed by atoms with Crippen LogP contribution in [0.5, 0.6) is 0 Å². The van der Waals surface area contributed by atoms with Crippen LogP contribution in [0.4, 0.5) is 0 Å². The number of aliphatic hydroxyl groups is 4. The van der Waals surface area contributed by atoms with Crippen molar-refractivity contribution in [2.45, 2.75) is 50.0 Å². The van der Waals surface area contributed by atoms with Crippen molar-refractivity contribution in [1.82, 2.24) is 0 Å². The highest BCUT2D eigenvalue weighted by atomic mass is 16.7. The fourth-order valence-electron chi connectivity index (χ4n) is 1.78. The Hall–Kier alpha value is -0.770. The number of aliphatic carboxylic acids is 1. The van der Waals surface area contributed by atoms with Gasteiger partial charge in [0.2, 0.25) is 0 Å². The van der Waals surface area contributed by atoms with Crippen LogP contribution < -0.4 is 0 Å². The molecule has 1 saturated heterocycles. The predicted molar refractivity (Wildman–Crippen MR) is 61.2 cm³/mol. The molecular formula is C11H20O8. The summed E-state index contributed by atoms with van der Waals surface area (Å²) in [7, 11) is 0. The van der Waals surface area contributed by atoms with Gasteiger partial charge in [0, 0.05) is 13.0 Å². The van der Waals surface area contributed by atoms with Crippen LogP contribution in [0.15, 0.2) is 0 Å².